The number of aromatic nitrogens is 4. The predicted octanol–water partition coefficient (Wildman–Crippen LogP) is 4.20. The third-order valence-corrected chi connectivity index (χ3v) is 4.71. The summed E-state index contributed by atoms with van der Waals surface area (Å²) >= 11 is 6.00. The van der Waals surface area contributed by atoms with E-state index in [1.807, 2.05) is 26.8 Å². The van der Waals surface area contributed by atoms with Crippen LogP contribution in [-0.2, 0) is 0 Å². The average Bonchev–Trinajstić information content (AvgIpc) is 3.13. The standard InChI is InChI=1S/C13H10ClN5O.C7H16N2.C2H6/c1-7-4-11(19-18-7)16-13-9-5-8(14)2-3-10(9)15-12(6-20)17-13;1-6-4-9(3)5-7(2)8-6;1-2/h2-6H,1H3,(H2,15,16,17,18,19);6-8H,4-5H2,1-3H3;1-2H3. The summed E-state index contributed by atoms with van der Waals surface area (Å²) in [6.07, 6.45) is 0.606. The molecule has 1 aliphatic heterocycles. The molecule has 2 aromatic heterocycles. The van der Waals surface area contributed by atoms with E-state index in [4.69, 9.17) is 11.6 Å². The molecule has 1 fully saturated rings. The monoisotopic (exact) mass is 445 g/mol. The lowest BCUT2D eigenvalue weighted by molar-refractivity contribution is 0.111. The summed E-state index contributed by atoms with van der Waals surface area (Å²) in [4.78, 5) is 21.6. The van der Waals surface area contributed by atoms with Gasteiger partial charge in [0, 0.05) is 47.3 Å². The minimum atomic E-state index is 0.106. The molecule has 31 heavy (non-hydrogen) atoms. The van der Waals surface area contributed by atoms with E-state index in [0.717, 1.165) is 11.1 Å². The van der Waals surface area contributed by atoms with E-state index in [9.17, 15) is 4.79 Å². The van der Waals surface area contributed by atoms with Gasteiger partial charge in [-0.3, -0.25) is 9.89 Å². The number of nitrogens with one attached hydrogen (secondary N) is 3. The second kappa shape index (κ2) is 11.7. The molecular formula is C22H32ClN7O. The summed E-state index contributed by atoms with van der Waals surface area (Å²) in [5.74, 6) is 1.21. The SMILES string of the molecule is CC.CC1CN(C)CC(C)N1.Cc1cc(Nc2nc(C=O)nc3ccc(Cl)cc23)n[nH]1. The number of carbonyl (C=O) groups excluding carboxylic acids is 1. The zero-order chi connectivity index (χ0) is 23.0. The molecule has 3 aromatic rings. The van der Waals surface area contributed by atoms with E-state index in [1.165, 1.54) is 13.1 Å². The Morgan fingerprint density at radius 1 is 1.16 bits per heavy atom. The summed E-state index contributed by atoms with van der Waals surface area (Å²) in [6, 6.07) is 8.37. The number of aryl methyl sites for hydroxylation is 1. The molecule has 2 atom stereocenters. The van der Waals surface area contributed by atoms with E-state index in [2.05, 4.69) is 56.6 Å². The molecule has 8 nitrogen and oxygen atoms in total. The van der Waals surface area contributed by atoms with Crippen molar-refractivity contribution in [3.63, 3.8) is 0 Å². The van der Waals surface area contributed by atoms with Crippen molar-refractivity contribution in [2.24, 2.45) is 0 Å². The molecule has 0 aliphatic carbocycles. The molecule has 0 saturated carbocycles. The first kappa shape index (κ1) is 24.7. The van der Waals surface area contributed by atoms with Crippen LogP contribution < -0.4 is 10.6 Å². The number of fused-ring (bicyclic) bond motifs is 1. The number of halogens is 1. The van der Waals surface area contributed by atoms with Crippen molar-refractivity contribution in [2.45, 2.75) is 46.7 Å². The first-order valence-electron chi connectivity index (χ1n) is 10.5. The van der Waals surface area contributed by atoms with Gasteiger partial charge in [0.15, 0.2) is 17.9 Å². The molecule has 9 heteroatoms. The Labute approximate surface area is 188 Å². The molecular weight excluding hydrogens is 414 g/mol. The Kier molecular flexibility index (Phi) is 9.36. The number of aromatic amines is 1. The number of likely N-dealkylation sites (N-methyl/N-ethyl adjacent to an activating group) is 1. The lowest BCUT2D eigenvalue weighted by atomic mass is 10.2. The van der Waals surface area contributed by atoms with Gasteiger partial charge in [0.05, 0.1) is 5.52 Å². The molecule has 0 radical (unpaired) electrons. The zero-order valence-electron chi connectivity index (χ0n) is 19.0. The smallest absolute Gasteiger partial charge is 0.195 e. The average molecular weight is 446 g/mol. The van der Waals surface area contributed by atoms with Crippen molar-refractivity contribution in [2.75, 3.05) is 25.5 Å². The molecule has 0 spiro atoms. The normalized spacial score (nSPS) is 18.4. The minimum Gasteiger partial charge on any atom is -0.323 e. The fourth-order valence-corrected chi connectivity index (χ4v) is 3.64. The second-order valence-electron chi connectivity index (χ2n) is 7.46. The second-order valence-corrected chi connectivity index (χ2v) is 7.90. The van der Waals surface area contributed by atoms with Crippen molar-refractivity contribution >= 4 is 40.4 Å². The Bertz CT molecular complexity index is 966. The number of piperazine rings is 1. The largest absolute Gasteiger partial charge is 0.323 e. The van der Waals surface area contributed by atoms with Crippen LogP contribution in [0.25, 0.3) is 10.9 Å². The lowest BCUT2D eigenvalue weighted by Gasteiger charge is -2.33. The number of carbonyl (C=O) groups is 1. The minimum absolute atomic E-state index is 0.106. The Morgan fingerprint density at radius 2 is 1.84 bits per heavy atom. The van der Waals surface area contributed by atoms with Gasteiger partial charge >= 0.3 is 0 Å². The van der Waals surface area contributed by atoms with E-state index >= 15 is 0 Å². The van der Waals surface area contributed by atoms with Crippen LogP contribution in [0.2, 0.25) is 5.02 Å². The van der Waals surface area contributed by atoms with E-state index in [1.54, 1.807) is 18.2 Å². The molecule has 0 bridgehead atoms. The van der Waals surface area contributed by atoms with Crippen LogP contribution in [0.3, 0.4) is 0 Å². The summed E-state index contributed by atoms with van der Waals surface area (Å²) < 4.78 is 0. The molecule has 0 amide bonds. The van der Waals surface area contributed by atoms with Gasteiger partial charge in [0.25, 0.3) is 0 Å². The third kappa shape index (κ3) is 7.27. The summed E-state index contributed by atoms with van der Waals surface area (Å²) in [5, 5.41) is 14.7. The number of hydrogen-bond donors (Lipinski definition) is 3. The van der Waals surface area contributed by atoms with Gasteiger partial charge in [-0.25, -0.2) is 9.97 Å². The Morgan fingerprint density at radius 3 is 2.39 bits per heavy atom. The van der Waals surface area contributed by atoms with Gasteiger partial charge in [-0.1, -0.05) is 25.4 Å². The Balaban J connectivity index is 0.000000261. The van der Waals surface area contributed by atoms with Gasteiger partial charge in [0.2, 0.25) is 0 Å². The highest BCUT2D eigenvalue weighted by atomic mass is 35.5. The summed E-state index contributed by atoms with van der Waals surface area (Å²) in [6.45, 7) is 12.7. The lowest BCUT2D eigenvalue weighted by Crippen LogP contribution is -2.52. The van der Waals surface area contributed by atoms with Crippen LogP contribution in [0.4, 0.5) is 11.6 Å². The number of aldehydes is 1. The highest BCUT2D eigenvalue weighted by Crippen LogP contribution is 2.26. The van der Waals surface area contributed by atoms with Gasteiger partial charge in [-0.05, 0) is 46.0 Å². The predicted molar refractivity (Wildman–Crippen MR) is 127 cm³/mol. The fourth-order valence-electron chi connectivity index (χ4n) is 3.47. The van der Waals surface area contributed by atoms with Crippen molar-refractivity contribution in [3.05, 3.63) is 40.8 Å². The van der Waals surface area contributed by atoms with Crippen LogP contribution in [0, 0.1) is 6.92 Å². The highest BCUT2D eigenvalue weighted by molar-refractivity contribution is 6.31. The van der Waals surface area contributed by atoms with Crippen molar-refractivity contribution in [1.82, 2.24) is 30.4 Å². The van der Waals surface area contributed by atoms with Crippen molar-refractivity contribution in [1.29, 1.82) is 0 Å². The highest BCUT2D eigenvalue weighted by Gasteiger charge is 2.16. The summed E-state index contributed by atoms with van der Waals surface area (Å²) in [5.41, 5.74) is 1.56. The maximum Gasteiger partial charge on any atom is 0.195 e. The number of anilines is 2. The third-order valence-electron chi connectivity index (χ3n) is 4.47. The van der Waals surface area contributed by atoms with Crippen molar-refractivity contribution < 1.29 is 4.79 Å². The molecule has 3 N–H and O–H groups in total. The van der Waals surface area contributed by atoms with Gasteiger partial charge in [-0.15, -0.1) is 0 Å². The van der Waals surface area contributed by atoms with Crippen LogP contribution in [0.5, 0.6) is 0 Å². The quantitative estimate of drug-likeness (QED) is 0.519. The zero-order valence-corrected chi connectivity index (χ0v) is 19.8. The first-order valence-corrected chi connectivity index (χ1v) is 10.9. The van der Waals surface area contributed by atoms with E-state index in [-0.39, 0.29) is 5.82 Å². The van der Waals surface area contributed by atoms with E-state index < -0.39 is 0 Å². The molecule has 1 aliphatic rings. The first-order chi connectivity index (χ1) is 14.8. The van der Waals surface area contributed by atoms with Crippen LogP contribution >= 0.6 is 11.6 Å². The van der Waals surface area contributed by atoms with E-state index in [0.29, 0.717) is 40.5 Å². The van der Waals surface area contributed by atoms with Gasteiger partial charge < -0.3 is 15.5 Å². The van der Waals surface area contributed by atoms with Gasteiger partial charge in [0.1, 0.15) is 5.82 Å². The number of hydrogen-bond acceptors (Lipinski definition) is 7. The summed E-state index contributed by atoms with van der Waals surface area (Å²) in [7, 11) is 2.17. The molecule has 4 rings (SSSR count). The molecule has 1 aromatic carbocycles. The maximum atomic E-state index is 10.9. The van der Waals surface area contributed by atoms with Crippen LogP contribution in [-0.4, -0.2) is 63.6 Å². The van der Waals surface area contributed by atoms with Crippen molar-refractivity contribution in [3.8, 4) is 0 Å². The van der Waals surface area contributed by atoms with Crippen LogP contribution in [0.15, 0.2) is 24.3 Å². The number of benzene rings is 1. The topological polar surface area (TPSA) is 98.8 Å². The molecule has 3 heterocycles. The number of nitrogens with zero attached hydrogens (tertiary/aromatic N) is 4. The fraction of sp³-hybridized carbons (Fsp3) is 0.455. The molecule has 168 valence electrons. The van der Waals surface area contributed by atoms with Crippen LogP contribution in [0.1, 0.15) is 44.0 Å². The number of H-pyrrole nitrogens is 1. The Hall–Kier alpha value is -2.55. The molecule has 2 unspecified atom stereocenters. The maximum absolute atomic E-state index is 10.9. The molecule has 1 saturated heterocycles. The van der Waals surface area contributed by atoms with Gasteiger partial charge in [-0.2, -0.15) is 5.10 Å². The number of rotatable bonds is 3.